The minimum absolute atomic E-state index is 0.0995. The molecule has 0 N–H and O–H groups in total. The third-order valence-corrected chi connectivity index (χ3v) is 6.07. The number of benzene rings is 2. The van der Waals surface area contributed by atoms with Gasteiger partial charge in [-0.05, 0) is 42.3 Å². The summed E-state index contributed by atoms with van der Waals surface area (Å²) in [6, 6.07) is 16.9. The Bertz CT molecular complexity index is 1040. The van der Waals surface area contributed by atoms with Crippen molar-refractivity contribution in [1.82, 2.24) is 9.80 Å². The van der Waals surface area contributed by atoms with Crippen molar-refractivity contribution in [2.24, 2.45) is 0 Å². The lowest BCUT2D eigenvalue weighted by atomic mass is 10.2. The van der Waals surface area contributed by atoms with Crippen LogP contribution in [0.3, 0.4) is 0 Å². The van der Waals surface area contributed by atoms with E-state index in [2.05, 4.69) is 4.90 Å². The van der Waals surface area contributed by atoms with Gasteiger partial charge in [0, 0.05) is 37.7 Å². The van der Waals surface area contributed by atoms with Gasteiger partial charge in [0.25, 0.3) is 5.91 Å². The summed E-state index contributed by atoms with van der Waals surface area (Å²) in [6.45, 7) is 5.81. The summed E-state index contributed by atoms with van der Waals surface area (Å²) in [5, 5.41) is 1.33. The van der Waals surface area contributed by atoms with Crippen LogP contribution >= 0.6 is 23.2 Å². The Hall–Kier alpha value is -2.47. The summed E-state index contributed by atoms with van der Waals surface area (Å²) >= 11 is 12.5. The molecule has 2 aromatic carbocycles. The maximum atomic E-state index is 12.8. The van der Waals surface area contributed by atoms with E-state index < -0.39 is 0 Å². The molecule has 1 aliphatic rings. The number of hydrogen-bond donors (Lipinski definition) is 0. The maximum absolute atomic E-state index is 12.8. The first-order valence-corrected chi connectivity index (χ1v) is 11.0. The van der Waals surface area contributed by atoms with Crippen molar-refractivity contribution in [2.75, 3.05) is 26.2 Å². The highest BCUT2D eigenvalue weighted by Gasteiger charge is 2.24. The quantitative estimate of drug-likeness (QED) is 0.493. The van der Waals surface area contributed by atoms with Gasteiger partial charge in [0.1, 0.15) is 18.1 Å². The van der Waals surface area contributed by atoms with E-state index in [-0.39, 0.29) is 12.5 Å². The number of ether oxygens (including phenoxy) is 1. The summed E-state index contributed by atoms with van der Waals surface area (Å²) in [5.74, 6) is 1.44. The molecule has 31 heavy (non-hydrogen) atoms. The van der Waals surface area contributed by atoms with E-state index in [0.29, 0.717) is 35.4 Å². The summed E-state index contributed by atoms with van der Waals surface area (Å²) < 4.78 is 11.6. The van der Waals surface area contributed by atoms with Crippen LogP contribution in [0, 0.1) is 6.92 Å². The van der Waals surface area contributed by atoms with Gasteiger partial charge in [-0.1, -0.05) is 53.5 Å². The first-order valence-electron chi connectivity index (χ1n) is 10.2. The number of rotatable bonds is 6. The molecular formula is C24H24Cl2N2O3. The Morgan fingerprint density at radius 2 is 1.71 bits per heavy atom. The van der Waals surface area contributed by atoms with E-state index >= 15 is 0 Å². The van der Waals surface area contributed by atoms with Crippen molar-refractivity contribution in [3.8, 4) is 5.75 Å². The zero-order valence-electron chi connectivity index (χ0n) is 17.3. The van der Waals surface area contributed by atoms with E-state index in [4.69, 9.17) is 32.4 Å². The topological polar surface area (TPSA) is 45.9 Å². The lowest BCUT2D eigenvalue weighted by Gasteiger charge is -2.34. The van der Waals surface area contributed by atoms with E-state index in [0.717, 1.165) is 35.8 Å². The molecule has 0 radical (unpaired) electrons. The van der Waals surface area contributed by atoms with Crippen molar-refractivity contribution < 1.29 is 13.9 Å². The molecule has 2 heterocycles. The lowest BCUT2D eigenvalue weighted by molar-refractivity contribution is 0.0594. The molecule has 0 bridgehead atoms. The van der Waals surface area contributed by atoms with Crippen LogP contribution in [0.5, 0.6) is 5.75 Å². The lowest BCUT2D eigenvalue weighted by Crippen LogP contribution is -2.48. The molecule has 1 saturated heterocycles. The van der Waals surface area contributed by atoms with Crippen LogP contribution in [0.25, 0.3) is 0 Å². The van der Waals surface area contributed by atoms with Crippen LogP contribution in [0.1, 0.15) is 27.4 Å². The van der Waals surface area contributed by atoms with Crippen molar-refractivity contribution in [3.63, 3.8) is 0 Å². The highest BCUT2D eigenvalue weighted by atomic mass is 35.5. The highest BCUT2D eigenvalue weighted by Crippen LogP contribution is 2.29. The standard InChI is InChI=1S/C24H24Cl2N2O3/c1-17-5-4-8-21(26)23(17)30-16-19-9-10-22(31-19)24(29)28-13-11-27(12-14-28)15-18-6-2-3-7-20(18)25/h2-10H,11-16H2,1H3. The first-order chi connectivity index (χ1) is 15.0. The fourth-order valence-electron chi connectivity index (χ4n) is 3.65. The molecule has 3 aromatic rings. The second kappa shape index (κ2) is 9.77. The Labute approximate surface area is 192 Å². The average Bonchev–Trinajstić information content (AvgIpc) is 3.24. The zero-order valence-corrected chi connectivity index (χ0v) is 18.8. The van der Waals surface area contributed by atoms with Crippen LogP contribution in [0.15, 0.2) is 59.0 Å². The predicted octanol–water partition coefficient (Wildman–Crippen LogP) is 5.43. The Kier molecular flexibility index (Phi) is 6.86. The minimum atomic E-state index is -0.0995. The molecule has 0 saturated carbocycles. The second-order valence-corrected chi connectivity index (χ2v) is 8.41. The molecule has 0 atom stereocenters. The monoisotopic (exact) mass is 458 g/mol. The Morgan fingerprint density at radius 3 is 2.45 bits per heavy atom. The van der Waals surface area contributed by atoms with Crippen LogP contribution < -0.4 is 4.74 Å². The summed E-state index contributed by atoms with van der Waals surface area (Å²) in [6.07, 6.45) is 0. The molecule has 7 heteroatoms. The number of furan rings is 1. The number of nitrogens with zero attached hydrogens (tertiary/aromatic N) is 2. The third-order valence-electron chi connectivity index (χ3n) is 5.41. The van der Waals surface area contributed by atoms with Gasteiger partial charge in [0.05, 0.1) is 5.02 Å². The Morgan fingerprint density at radius 1 is 0.968 bits per heavy atom. The van der Waals surface area contributed by atoms with E-state index in [1.165, 1.54) is 0 Å². The smallest absolute Gasteiger partial charge is 0.289 e. The van der Waals surface area contributed by atoms with Gasteiger partial charge in [-0.25, -0.2) is 0 Å². The average molecular weight is 459 g/mol. The van der Waals surface area contributed by atoms with Crippen molar-refractivity contribution >= 4 is 29.1 Å². The van der Waals surface area contributed by atoms with E-state index in [9.17, 15) is 4.79 Å². The molecular weight excluding hydrogens is 435 g/mol. The number of aryl methyl sites for hydroxylation is 1. The summed E-state index contributed by atoms with van der Waals surface area (Å²) in [4.78, 5) is 17.0. The number of para-hydroxylation sites is 1. The highest BCUT2D eigenvalue weighted by molar-refractivity contribution is 6.32. The van der Waals surface area contributed by atoms with Gasteiger partial charge in [0.2, 0.25) is 0 Å². The summed E-state index contributed by atoms with van der Waals surface area (Å²) in [5.41, 5.74) is 2.05. The van der Waals surface area contributed by atoms with Crippen LogP contribution in [-0.2, 0) is 13.2 Å². The van der Waals surface area contributed by atoms with Crippen LogP contribution in [-0.4, -0.2) is 41.9 Å². The van der Waals surface area contributed by atoms with Gasteiger partial charge in [-0.3, -0.25) is 9.69 Å². The predicted molar refractivity (Wildman–Crippen MR) is 122 cm³/mol. The molecule has 1 amide bonds. The number of amides is 1. The maximum Gasteiger partial charge on any atom is 0.289 e. The molecule has 0 unspecified atom stereocenters. The molecule has 4 rings (SSSR count). The van der Waals surface area contributed by atoms with Gasteiger partial charge in [-0.2, -0.15) is 0 Å². The third kappa shape index (κ3) is 5.24. The molecule has 5 nitrogen and oxygen atoms in total. The number of carbonyl (C=O) groups is 1. The zero-order chi connectivity index (χ0) is 21.8. The molecule has 1 aromatic heterocycles. The molecule has 0 spiro atoms. The minimum Gasteiger partial charge on any atom is -0.484 e. The molecule has 162 valence electrons. The van der Waals surface area contributed by atoms with Crippen molar-refractivity contribution in [2.45, 2.75) is 20.1 Å². The van der Waals surface area contributed by atoms with Gasteiger partial charge in [0.15, 0.2) is 5.76 Å². The van der Waals surface area contributed by atoms with E-state index in [1.807, 2.05) is 48.2 Å². The van der Waals surface area contributed by atoms with Gasteiger partial charge < -0.3 is 14.1 Å². The fourth-order valence-corrected chi connectivity index (χ4v) is 4.12. The normalized spacial score (nSPS) is 14.6. The number of carbonyl (C=O) groups excluding carboxylic acids is 1. The molecule has 1 fully saturated rings. The number of halogens is 2. The van der Waals surface area contributed by atoms with Crippen LogP contribution in [0.2, 0.25) is 10.0 Å². The SMILES string of the molecule is Cc1cccc(Cl)c1OCc1ccc(C(=O)N2CCN(Cc3ccccc3Cl)CC2)o1. The molecule has 0 aliphatic carbocycles. The fraction of sp³-hybridized carbons (Fsp3) is 0.292. The summed E-state index contributed by atoms with van der Waals surface area (Å²) in [7, 11) is 0. The largest absolute Gasteiger partial charge is 0.484 e. The van der Waals surface area contributed by atoms with Crippen molar-refractivity contribution in [3.05, 3.63) is 87.3 Å². The number of hydrogen-bond acceptors (Lipinski definition) is 4. The first kappa shape index (κ1) is 21.8. The van der Waals surface area contributed by atoms with Gasteiger partial charge >= 0.3 is 0 Å². The second-order valence-electron chi connectivity index (χ2n) is 7.60. The van der Waals surface area contributed by atoms with Crippen LogP contribution in [0.4, 0.5) is 0 Å². The number of piperazine rings is 1. The Balaban J connectivity index is 1.30. The van der Waals surface area contributed by atoms with E-state index in [1.54, 1.807) is 18.2 Å². The molecule has 1 aliphatic heterocycles. The van der Waals surface area contributed by atoms with Gasteiger partial charge in [-0.15, -0.1) is 0 Å². The van der Waals surface area contributed by atoms with Crippen molar-refractivity contribution in [1.29, 1.82) is 0 Å².